The molecule has 0 bridgehead atoms. The minimum absolute atomic E-state index is 0. The number of rotatable bonds is 4. The Morgan fingerprint density at radius 2 is 1.83 bits per heavy atom. The minimum Gasteiger partial charge on any atom is -0.465 e. The van der Waals surface area contributed by atoms with Crippen LogP contribution >= 0.6 is 0 Å². The summed E-state index contributed by atoms with van der Waals surface area (Å²) in [7, 11) is -3.13. The Morgan fingerprint density at radius 3 is 2.30 bits per heavy atom. The van der Waals surface area contributed by atoms with Gasteiger partial charge in [0.25, 0.3) is 10.1 Å². The topological polar surface area (TPSA) is 80.7 Å². The molecule has 0 fully saturated rings. The van der Waals surface area contributed by atoms with Crippen LogP contribution < -0.4 is 29.6 Å². The molecule has 0 saturated heterocycles. The van der Waals surface area contributed by atoms with Crippen molar-refractivity contribution in [1.29, 1.82) is 0 Å². The van der Waals surface area contributed by atoms with Crippen LogP contribution in [0.3, 0.4) is 0 Å². The van der Waals surface area contributed by atoms with Crippen LogP contribution in [0, 0.1) is 6.07 Å². The first-order valence-electron chi connectivity index (χ1n) is 6.26. The van der Waals surface area contributed by atoms with Crippen LogP contribution in [0.2, 0.25) is 0 Å². The van der Waals surface area contributed by atoms with Gasteiger partial charge in [-0.3, -0.25) is 4.55 Å². The molecule has 2 rings (SSSR count). The predicted octanol–water partition coefficient (Wildman–Crippen LogP) is -0.337. The van der Waals surface area contributed by atoms with Gasteiger partial charge in [0.2, 0.25) is 0 Å². The molecule has 0 aliphatic carbocycles. The Morgan fingerprint density at radius 1 is 1.17 bits per heavy atom. The number of hydrogen-bond donors (Lipinski definition) is 1. The van der Waals surface area contributed by atoms with Crippen molar-refractivity contribution in [3.63, 3.8) is 0 Å². The molecule has 0 amide bonds. The fourth-order valence-corrected chi connectivity index (χ4v) is 2.51. The van der Waals surface area contributed by atoms with Gasteiger partial charge in [0.15, 0.2) is 0 Å². The predicted molar refractivity (Wildman–Crippen MR) is 82.5 cm³/mol. The van der Waals surface area contributed by atoms with E-state index in [0.29, 0.717) is 11.1 Å². The number of hydrogen-bond acceptors (Lipinski definition) is 4. The monoisotopic (exact) mass is 340 g/mol. The number of carbonyl (C=O) groups is 1. The molecule has 0 aliphatic rings. The molecule has 0 aromatic heterocycles. The van der Waals surface area contributed by atoms with Crippen LogP contribution in [0.5, 0.6) is 0 Å². The zero-order valence-corrected chi connectivity index (χ0v) is 15.5. The maximum atomic E-state index is 11.6. The van der Waals surface area contributed by atoms with E-state index in [1.807, 2.05) is 0 Å². The molecule has 0 spiro atoms. The van der Waals surface area contributed by atoms with Crippen molar-refractivity contribution in [3.8, 4) is 0 Å². The SMILES string of the molecule is COC(=O)c1ccc(/C=C(\c2[c-]cccc2)S(=O)(=O)O)cc1.[Na+]. The van der Waals surface area contributed by atoms with Crippen molar-refractivity contribution in [1.82, 2.24) is 0 Å². The van der Waals surface area contributed by atoms with E-state index in [1.54, 1.807) is 30.3 Å². The first kappa shape index (κ1) is 19.6. The van der Waals surface area contributed by atoms with E-state index in [9.17, 15) is 17.8 Å². The van der Waals surface area contributed by atoms with Gasteiger partial charge >= 0.3 is 35.5 Å². The summed E-state index contributed by atoms with van der Waals surface area (Å²) in [5.41, 5.74) is 1.11. The van der Waals surface area contributed by atoms with E-state index in [0.717, 1.165) is 0 Å². The first-order valence-corrected chi connectivity index (χ1v) is 7.70. The molecule has 0 aliphatic heterocycles. The number of carbonyl (C=O) groups excluding carboxylic acids is 1. The molecule has 114 valence electrons. The average molecular weight is 340 g/mol. The second kappa shape index (κ2) is 8.42. The largest absolute Gasteiger partial charge is 1.00 e. The maximum Gasteiger partial charge on any atom is 1.00 e. The van der Waals surface area contributed by atoms with E-state index in [-0.39, 0.29) is 40.0 Å². The Bertz CT molecular complexity index is 796. The molecule has 2 aromatic rings. The third kappa shape index (κ3) is 5.30. The van der Waals surface area contributed by atoms with Crippen molar-refractivity contribution in [2.24, 2.45) is 0 Å². The average Bonchev–Trinajstić information content (AvgIpc) is 2.52. The van der Waals surface area contributed by atoms with Crippen LogP contribution in [-0.2, 0) is 14.9 Å². The van der Waals surface area contributed by atoms with E-state index >= 15 is 0 Å². The summed E-state index contributed by atoms with van der Waals surface area (Å²) in [6.07, 6.45) is 1.31. The van der Waals surface area contributed by atoms with Gasteiger partial charge < -0.3 is 4.74 Å². The van der Waals surface area contributed by atoms with Gasteiger partial charge in [-0.25, -0.2) is 13.2 Å². The smallest absolute Gasteiger partial charge is 0.465 e. The third-order valence-corrected chi connectivity index (χ3v) is 3.78. The second-order valence-corrected chi connectivity index (χ2v) is 5.76. The first-order chi connectivity index (χ1) is 10.4. The van der Waals surface area contributed by atoms with Crippen LogP contribution in [0.4, 0.5) is 0 Å². The van der Waals surface area contributed by atoms with Gasteiger partial charge in [0.1, 0.15) is 0 Å². The molecule has 5 nitrogen and oxygen atoms in total. The van der Waals surface area contributed by atoms with Crippen LogP contribution in [0.15, 0.2) is 48.5 Å². The molecule has 0 radical (unpaired) electrons. The Kier molecular flexibility index (Phi) is 7.18. The fraction of sp³-hybridized carbons (Fsp3) is 0.0625. The third-order valence-electron chi connectivity index (χ3n) is 2.88. The van der Waals surface area contributed by atoms with Gasteiger partial charge in [-0.05, 0) is 17.7 Å². The molecule has 0 unspecified atom stereocenters. The van der Waals surface area contributed by atoms with Crippen molar-refractivity contribution >= 4 is 27.1 Å². The molecule has 0 heterocycles. The Hall–Kier alpha value is -1.44. The molecular weight excluding hydrogens is 327 g/mol. The summed E-state index contributed by atoms with van der Waals surface area (Å²) in [5.74, 6) is -0.484. The standard InChI is InChI=1S/C16H13O5S.Na/c1-21-16(17)14-9-7-12(8-10-14)11-15(22(18,19)20)13-5-3-2-4-6-13;/h2-5,7-11H,1H3,(H,18,19,20);/q-1;+1/b15-11+;. The molecule has 1 N–H and O–H groups in total. The maximum absolute atomic E-state index is 11.6. The van der Waals surface area contributed by atoms with Crippen LogP contribution in [0.25, 0.3) is 11.0 Å². The Balaban J connectivity index is 0.00000264. The zero-order valence-electron chi connectivity index (χ0n) is 12.7. The van der Waals surface area contributed by atoms with Crippen molar-refractivity contribution in [3.05, 3.63) is 71.3 Å². The number of benzene rings is 2. The second-order valence-electron chi connectivity index (χ2n) is 4.37. The van der Waals surface area contributed by atoms with Gasteiger partial charge in [-0.2, -0.15) is 0 Å². The zero-order chi connectivity index (χ0) is 16.2. The van der Waals surface area contributed by atoms with Gasteiger partial charge in [-0.15, -0.1) is 35.9 Å². The summed E-state index contributed by atoms with van der Waals surface area (Å²) >= 11 is 0. The minimum atomic E-state index is -4.41. The number of esters is 1. The summed E-state index contributed by atoms with van der Waals surface area (Å²) in [6, 6.07) is 15.3. The summed E-state index contributed by atoms with van der Waals surface area (Å²) in [5, 5.41) is 0. The van der Waals surface area contributed by atoms with Crippen LogP contribution in [0.1, 0.15) is 21.5 Å². The van der Waals surface area contributed by atoms with Gasteiger partial charge in [0, 0.05) is 4.91 Å². The normalized spacial score (nSPS) is 11.5. The van der Waals surface area contributed by atoms with Crippen molar-refractivity contribution in [2.45, 2.75) is 0 Å². The van der Waals surface area contributed by atoms with E-state index in [1.165, 1.54) is 31.4 Å². The molecular formula is C16H13NaO5S. The van der Waals surface area contributed by atoms with E-state index in [2.05, 4.69) is 10.8 Å². The fourth-order valence-electron chi connectivity index (χ4n) is 1.82. The van der Waals surface area contributed by atoms with Crippen molar-refractivity contribution < 1.29 is 52.1 Å². The summed E-state index contributed by atoms with van der Waals surface area (Å²) in [6.45, 7) is 0. The number of ether oxygens (including phenoxy) is 1. The Labute approximate surface area is 157 Å². The number of methoxy groups -OCH3 is 1. The quantitative estimate of drug-likeness (QED) is 0.271. The summed E-state index contributed by atoms with van der Waals surface area (Å²) < 4.78 is 37.1. The summed E-state index contributed by atoms with van der Waals surface area (Å²) in [4.78, 5) is 11.1. The van der Waals surface area contributed by atoms with E-state index < -0.39 is 16.1 Å². The van der Waals surface area contributed by atoms with Crippen molar-refractivity contribution in [2.75, 3.05) is 7.11 Å². The van der Waals surface area contributed by atoms with E-state index in [4.69, 9.17) is 0 Å². The van der Waals surface area contributed by atoms with Gasteiger partial charge in [0.05, 0.1) is 12.7 Å². The molecule has 23 heavy (non-hydrogen) atoms. The van der Waals surface area contributed by atoms with Gasteiger partial charge in [-0.1, -0.05) is 18.2 Å². The molecule has 0 atom stereocenters. The molecule has 0 saturated carbocycles. The van der Waals surface area contributed by atoms with Crippen LogP contribution in [-0.4, -0.2) is 26.0 Å². The molecule has 2 aromatic carbocycles. The molecule has 7 heteroatoms.